The fourth-order valence-electron chi connectivity index (χ4n) is 2.08. The zero-order valence-electron chi connectivity index (χ0n) is 14.7. The molecule has 0 unspecified atom stereocenters. The maximum Gasteiger partial charge on any atom is 0.269 e. The van der Waals surface area contributed by atoms with E-state index in [1.807, 2.05) is 26.0 Å². The predicted molar refractivity (Wildman–Crippen MR) is 104 cm³/mol. The molecule has 3 N–H and O–H groups in total. The van der Waals surface area contributed by atoms with E-state index < -0.39 is 5.91 Å². The molecule has 6 nitrogen and oxygen atoms in total. The molecule has 136 valence electrons. The number of hydrazine groups is 1. The van der Waals surface area contributed by atoms with Gasteiger partial charge in [0.05, 0.1) is 12.2 Å². The third kappa shape index (κ3) is 5.56. The van der Waals surface area contributed by atoms with Crippen LogP contribution in [0.15, 0.2) is 48.5 Å². The fraction of sp³-hybridized carbons (Fsp3) is 0.211. The Labute approximate surface area is 157 Å². The molecule has 0 aromatic heterocycles. The van der Waals surface area contributed by atoms with E-state index in [0.717, 1.165) is 12.0 Å². The number of carbonyl (C=O) groups is 2. The Morgan fingerprint density at radius 3 is 2.38 bits per heavy atom. The molecule has 0 heterocycles. The maximum atomic E-state index is 12.4. The summed E-state index contributed by atoms with van der Waals surface area (Å²) in [5.41, 5.74) is 6.87. The number of nitrogens with one attached hydrogen (secondary N) is 3. The van der Waals surface area contributed by atoms with Crippen LogP contribution in [0.3, 0.4) is 0 Å². The van der Waals surface area contributed by atoms with Crippen LogP contribution in [0, 0.1) is 6.92 Å². The lowest BCUT2D eigenvalue weighted by molar-refractivity contribution is 0.0933. The van der Waals surface area contributed by atoms with Gasteiger partial charge in [0.1, 0.15) is 5.75 Å². The maximum absolute atomic E-state index is 12.4. The van der Waals surface area contributed by atoms with Crippen molar-refractivity contribution in [2.45, 2.75) is 20.3 Å². The Balaban J connectivity index is 1.90. The lowest BCUT2D eigenvalue weighted by Gasteiger charge is -2.13. The molecule has 2 rings (SSSR count). The molecule has 0 radical (unpaired) electrons. The van der Waals surface area contributed by atoms with Crippen molar-refractivity contribution < 1.29 is 14.3 Å². The molecule has 2 aromatic carbocycles. The summed E-state index contributed by atoms with van der Waals surface area (Å²) in [6.07, 6.45) is 0.834. The number of benzene rings is 2. The minimum atomic E-state index is -0.418. The second-order valence-electron chi connectivity index (χ2n) is 5.57. The zero-order valence-corrected chi connectivity index (χ0v) is 15.5. The summed E-state index contributed by atoms with van der Waals surface area (Å²) in [5.74, 6) is -0.287. The van der Waals surface area contributed by atoms with Crippen molar-refractivity contribution in [3.05, 3.63) is 65.2 Å². The van der Waals surface area contributed by atoms with Crippen molar-refractivity contribution in [3.63, 3.8) is 0 Å². The van der Waals surface area contributed by atoms with Gasteiger partial charge in [0, 0.05) is 5.56 Å². The van der Waals surface area contributed by atoms with Crippen LogP contribution in [-0.2, 0) is 0 Å². The predicted octanol–water partition coefficient (Wildman–Crippen LogP) is 2.73. The Hall–Kier alpha value is -2.93. The number of carbonyl (C=O) groups excluding carboxylic acids is 2. The van der Waals surface area contributed by atoms with E-state index in [1.165, 1.54) is 0 Å². The summed E-state index contributed by atoms with van der Waals surface area (Å²) < 4.78 is 5.56. The summed E-state index contributed by atoms with van der Waals surface area (Å²) in [5, 5.41) is 2.50. The third-order valence-electron chi connectivity index (χ3n) is 3.42. The van der Waals surface area contributed by atoms with Gasteiger partial charge < -0.3 is 4.74 Å². The molecule has 0 aliphatic heterocycles. The van der Waals surface area contributed by atoms with E-state index in [0.29, 0.717) is 23.5 Å². The van der Waals surface area contributed by atoms with Crippen molar-refractivity contribution in [2.24, 2.45) is 0 Å². The lowest BCUT2D eigenvalue weighted by atomic mass is 10.1. The lowest BCUT2D eigenvalue weighted by Crippen LogP contribution is -2.48. The largest absolute Gasteiger partial charge is 0.493 e. The zero-order chi connectivity index (χ0) is 18.9. The first-order valence-corrected chi connectivity index (χ1v) is 8.62. The summed E-state index contributed by atoms with van der Waals surface area (Å²) in [4.78, 5) is 24.4. The first-order valence-electron chi connectivity index (χ1n) is 8.21. The standard InChI is InChI=1S/C19H21N3O3S/c1-3-12-25-16-7-5-4-6-15(16)18(24)20-19(26)22-21-17(23)14-10-8-13(2)9-11-14/h4-11H,3,12H2,1-2H3,(H,21,23)(H2,20,22,24,26). The summed E-state index contributed by atoms with van der Waals surface area (Å²) in [7, 11) is 0. The number of hydrogen-bond donors (Lipinski definition) is 3. The minimum Gasteiger partial charge on any atom is -0.493 e. The molecule has 0 aliphatic rings. The number of hydrogen-bond acceptors (Lipinski definition) is 4. The van der Waals surface area contributed by atoms with Gasteiger partial charge in [-0.2, -0.15) is 0 Å². The molecule has 26 heavy (non-hydrogen) atoms. The number of para-hydroxylation sites is 1. The smallest absolute Gasteiger partial charge is 0.269 e. The van der Waals surface area contributed by atoms with Crippen LogP contribution in [0.2, 0.25) is 0 Å². The molecule has 0 atom stereocenters. The highest BCUT2D eigenvalue weighted by Gasteiger charge is 2.14. The van der Waals surface area contributed by atoms with E-state index in [2.05, 4.69) is 16.2 Å². The molecule has 0 saturated carbocycles. The Morgan fingerprint density at radius 1 is 1.00 bits per heavy atom. The molecule has 0 fully saturated rings. The number of thiocarbonyl (C=S) groups is 1. The van der Waals surface area contributed by atoms with Gasteiger partial charge in [-0.25, -0.2) is 0 Å². The Bertz CT molecular complexity index is 791. The fourth-order valence-corrected chi connectivity index (χ4v) is 2.23. The van der Waals surface area contributed by atoms with Gasteiger partial charge in [-0.05, 0) is 49.8 Å². The van der Waals surface area contributed by atoms with E-state index in [-0.39, 0.29) is 11.0 Å². The Kier molecular flexibility index (Phi) is 7.11. The van der Waals surface area contributed by atoms with Gasteiger partial charge >= 0.3 is 0 Å². The van der Waals surface area contributed by atoms with Crippen LogP contribution in [0.4, 0.5) is 0 Å². The number of amides is 2. The van der Waals surface area contributed by atoms with Crippen LogP contribution >= 0.6 is 12.2 Å². The number of aryl methyl sites for hydroxylation is 1. The second kappa shape index (κ2) is 9.53. The van der Waals surface area contributed by atoms with Crippen LogP contribution < -0.4 is 20.9 Å². The molecular formula is C19H21N3O3S. The van der Waals surface area contributed by atoms with Crippen molar-refractivity contribution in [1.29, 1.82) is 0 Å². The van der Waals surface area contributed by atoms with Crippen molar-refractivity contribution in [3.8, 4) is 5.75 Å². The average Bonchev–Trinajstić information content (AvgIpc) is 2.65. The first kappa shape index (κ1) is 19.4. The number of rotatable bonds is 5. The van der Waals surface area contributed by atoms with E-state index >= 15 is 0 Å². The quantitative estimate of drug-likeness (QED) is 0.556. The van der Waals surface area contributed by atoms with E-state index in [9.17, 15) is 9.59 Å². The highest BCUT2D eigenvalue weighted by molar-refractivity contribution is 7.80. The highest BCUT2D eigenvalue weighted by atomic mass is 32.1. The molecule has 7 heteroatoms. The summed E-state index contributed by atoms with van der Waals surface area (Å²) in [6.45, 7) is 4.44. The van der Waals surface area contributed by atoms with Crippen molar-refractivity contribution in [2.75, 3.05) is 6.61 Å². The van der Waals surface area contributed by atoms with Crippen molar-refractivity contribution >= 4 is 29.1 Å². The SMILES string of the molecule is CCCOc1ccccc1C(=O)NC(=S)NNC(=O)c1ccc(C)cc1. The molecular weight excluding hydrogens is 350 g/mol. The molecule has 2 amide bonds. The van der Waals surface area contributed by atoms with Crippen LogP contribution in [0.1, 0.15) is 39.6 Å². The number of ether oxygens (including phenoxy) is 1. The first-order chi connectivity index (χ1) is 12.5. The topological polar surface area (TPSA) is 79.5 Å². The normalized spacial score (nSPS) is 9.92. The molecule has 2 aromatic rings. The van der Waals surface area contributed by atoms with Gasteiger partial charge in [0.25, 0.3) is 11.8 Å². The van der Waals surface area contributed by atoms with Gasteiger partial charge in [0.15, 0.2) is 5.11 Å². The van der Waals surface area contributed by atoms with Crippen molar-refractivity contribution in [1.82, 2.24) is 16.2 Å². The molecule has 0 bridgehead atoms. The average molecular weight is 371 g/mol. The molecule has 0 aliphatic carbocycles. The summed E-state index contributed by atoms with van der Waals surface area (Å²) >= 11 is 5.05. The highest BCUT2D eigenvalue weighted by Crippen LogP contribution is 2.17. The molecule has 0 saturated heterocycles. The van der Waals surface area contributed by atoms with Gasteiger partial charge in [-0.1, -0.05) is 36.8 Å². The van der Waals surface area contributed by atoms with Gasteiger partial charge in [0.2, 0.25) is 0 Å². The minimum absolute atomic E-state index is 0.0132. The van der Waals surface area contributed by atoms with Gasteiger partial charge in [-0.3, -0.25) is 25.8 Å². The van der Waals surface area contributed by atoms with Crippen LogP contribution in [0.5, 0.6) is 5.75 Å². The molecule has 0 spiro atoms. The monoisotopic (exact) mass is 371 g/mol. The second-order valence-corrected chi connectivity index (χ2v) is 5.98. The summed E-state index contributed by atoms with van der Waals surface area (Å²) in [6, 6.07) is 14.0. The third-order valence-corrected chi connectivity index (χ3v) is 3.63. The Morgan fingerprint density at radius 2 is 1.69 bits per heavy atom. The van der Waals surface area contributed by atoms with Crippen LogP contribution in [-0.4, -0.2) is 23.5 Å². The van der Waals surface area contributed by atoms with Gasteiger partial charge in [-0.15, -0.1) is 0 Å². The van der Waals surface area contributed by atoms with Crippen LogP contribution in [0.25, 0.3) is 0 Å². The van der Waals surface area contributed by atoms with E-state index in [1.54, 1.807) is 36.4 Å². The van der Waals surface area contributed by atoms with E-state index in [4.69, 9.17) is 17.0 Å².